The molecule has 1 N–H and O–H groups in total. The average Bonchev–Trinajstić information content (AvgIpc) is 2.98. The lowest BCUT2D eigenvalue weighted by Gasteiger charge is -2.14. The van der Waals surface area contributed by atoms with Crippen LogP contribution in [0.25, 0.3) is 0 Å². The highest BCUT2D eigenvalue weighted by Gasteiger charge is 2.40. The number of nitrogens with zero attached hydrogens (tertiary/aromatic N) is 3. The average molecular weight is 424 g/mol. The Kier molecular flexibility index (Phi) is 6.64. The number of hydrogen-bond acceptors (Lipinski definition) is 6. The number of unbranched alkanes of at least 4 members (excludes halogenated alkanes) is 2. The highest BCUT2D eigenvalue weighted by molar-refractivity contribution is 6.23. The largest absolute Gasteiger partial charge is 0.378 e. The number of nitrogens with one attached hydrogen (secondary N) is 1. The van der Waals surface area contributed by atoms with Gasteiger partial charge in [0.25, 0.3) is 17.5 Å². The first-order chi connectivity index (χ1) is 14.8. The second-order valence-corrected chi connectivity index (χ2v) is 7.52. The molecule has 0 unspecified atom stereocenters. The van der Waals surface area contributed by atoms with Crippen LogP contribution in [-0.4, -0.2) is 48.2 Å². The first kappa shape index (κ1) is 21.9. The van der Waals surface area contributed by atoms with Crippen LogP contribution in [0.5, 0.6) is 0 Å². The van der Waals surface area contributed by atoms with Crippen LogP contribution in [0.15, 0.2) is 42.5 Å². The Morgan fingerprint density at radius 3 is 2.39 bits per heavy atom. The van der Waals surface area contributed by atoms with Crippen LogP contribution >= 0.6 is 0 Å². The molecule has 0 radical (unpaired) electrons. The van der Waals surface area contributed by atoms with Gasteiger partial charge in [0.2, 0.25) is 5.91 Å². The van der Waals surface area contributed by atoms with E-state index in [4.69, 9.17) is 0 Å². The smallest absolute Gasteiger partial charge is 0.282 e. The van der Waals surface area contributed by atoms with Gasteiger partial charge in [-0.05, 0) is 43.2 Å². The van der Waals surface area contributed by atoms with Crippen LogP contribution in [0.4, 0.5) is 17.1 Å². The van der Waals surface area contributed by atoms with Gasteiger partial charge in [-0.1, -0.05) is 12.5 Å². The molecule has 1 aliphatic rings. The van der Waals surface area contributed by atoms with Gasteiger partial charge in [-0.3, -0.25) is 29.4 Å². The molecule has 2 aromatic carbocycles. The van der Waals surface area contributed by atoms with Crippen molar-refractivity contribution in [2.45, 2.75) is 25.7 Å². The number of rotatable bonds is 9. The Balaban J connectivity index is 1.44. The van der Waals surface area contributed by atoms with E-state index >= 15 is 0 Å². The Morgan fingerprint density at radius 2 is 1.74 bits per heavy atom. The third-order valence-electron chi connectivity index (χ3n) is 5.13. The monoisotopic (exact) mass is 424 g/mol. The summed E-state index contributed by atoms with van der Waals surface area (Å²) in [5, 5.41) is 14.0. The second kappa shape index (κ2) is 9.38. The SMILES string of the molecule is CN(C)c1ccc(NC(=O)CCCCCN2C(=O)c3cccc([N+](=O)[O-])c3C2=O)cc1. The molecule has 0 aliphatic carbocycles. The molecule has 0 aromatic heterocycles. The van der Waals surface area contributed by atoms with Crippen molar-refractivity contribution in [3.63, 3.8) is 0 Å². The van der Waals surface area contributed by atoms with Crippen LogP contribution in [0.1, 0.15) is 46.4 Å². The predicted molar refractivity (Wildman–Crippen MR) is 116 cm³/mol. The van der Waals surface area contributed by atoms with Crippen molar-refractivity contribution in [3.05, 3.63) is 63.7 Å². The van der Waals surface area contributed by atoms with Crippen molar-refractivity contribution in [1.29, 1.82) is 0 Å². The Labute approximate surface area is 179 Å². The Morgan fingerprint density at radius 1 is 1.03 bits per heavy atom. The zero-order chi connectivity index (χ0) is 22.5. The molecule has 9 nitrogen and oxygen atoms in total. The summed E-state index contributed by atoms with van der Waals surface area (Å²) < 4.78 is 0. The second-order valence-electron chi connectivity index (χ2n) is 7.52. The zero-order valence-electron chi connectivity index (χ0n) is 17.5. The van der Waals surface area contributed by atoms with Crippen molar-refractivity contribution in [2.75, 3.05) is 30.9 Å². The van der Waals surface area contributed by atoms with Gasteiger partial charge in [0.1, 0.15) is 5.56 Å². The standard InChI is InChI=1S/C22H24N4O5/c1-24(2)16-12-10-15(11-13-16)23-19(27)9-4-3-5-14-25-21(28)17-7-6-8-18(26(30)31)20(17)22(25)29/h6-8,10-13H,3-5,9,14H2,1-2H3,(H,23,27). The Hall–Kier alpha value is -3.75. The van der Waals surface area contributed by atoms with Crippen LogP contribution in [0.3, 0.4) is 0 Å². The topological polar surface area (TPSA) is 113 Å². The summed E-state index contributed by atoms with van der Waals surface area (Å²) >= 11 is 0. The summed E-state index contributed by atoms with van der Waals surface area (Å²) in [5.74, 6) is -1.25. The van der Waals surface area contributed by atoms with Crippen molar-refractivity contribution in [3.8, 4) is 0 Å². The van der Waals surface area contributed by atoms with E-state index in [2.05, 4.69) is 5.32 Å². The van der Waals surface area contributed by atoms with Gasteiger partial charge in [-0.15, -0.1) is 0 Å². The molecule has 0 saturated heterocycles. The molecular weight excluding hydrogens is 400 g/mol. The van der Waals surface area contributed by atoms with Crippen molar-refractivity contribution in [1.82, 2.24) is 4.90 Å². The summed E-state index contributed by atoms with van der Waals surface area (Å²) in [5.41, 5.74) is 1.34. The molecule has 9 heteroatoms. The lowest BCUT2D eigenvalue weighted by Crippen LogP contribution is -2.30. The molecule has 3 rings (SSSR count). The van der Waals surface area contributed by atoms with E-state index < -0.39 is 16.7 Å². The fraction of sp³-hybridized carbons (Fsp3) is 0.318. The quantitative estimate of drug-likeness (QED) is 0.285. The van der Waals surface area contributed by atoms with Gasteiger partial charge in [0.15, 0.2) is 0 Å². The zero-order valence-corrected chi connectivity index (χ0v) is 17.5. The van der Waals surface area contributed by atoms with Gasteiger partial charge in [-0.2, -0.15) is 0 Å². The summed E-state index contributed by atoms with van der Waals surface area (Å²) in [4.78, 5) is 50.6. The van der Waals surface area contributed by atoms with Crippen LogP contribution in [0, 0.1) is 10.1 Å². The lowest BCUT2D eigenvalue weighted by molar-refractivity contribution is -0.385. The van der Waals surface area contributed by atoms with Gasteiger partial charge in [0, 0.05) is 44.5 Å². The highest BCUT2D eigenvalue weighted by atomic mass is 16.6. The molecule has 2 aromatic rings. The maximum atomic E-state index is 12.5. The van der Waals surface area contributed by atoms with E-state index in [1.165, 1.54) is 18.2 Å². The fourth-order valence-electron chi connectivity index (χ4n) is 3.47. The highest BCUT2D eigenvalue weighted by Crippen LogP contribution is 2.30. The number of nitro benzene ring substituents is 1. The first-order valence-corrected chi connectivity index (χ1v) is 10.0. The third kappa shape index (κ3) is 4.88. The number of benzene rings is 2. The summed E-state index contributed by atoms with van der Waals surface area (Å²) in [7, 11) is 3.88. The van der Waals surface area contributed by atoms with E-state index in [0.717, 1.165) is 16.3 Å². The number of nitro groups is 1. The van der Waals surface area contributed by atoms with E-state index in [-0.39, 0.29) is 29.3 Å². The molecule has 162 valence electrons. The minimum absolute atomic E-state index is 0.0684. The van der Waals surface area contributed by atoms with Gasteiger partial charge >= 0.3 is 0 Å². The minimum Gasteiger partial charge on any atom is -0.378 e. The molecule has 0 spiro atoms. The molecule has 1 heterocycles. The number of fused-ring (bicyclic) bond motifs is 1. The summed E-state index contributed by atoms with van der Waals surface area (Å²) in [6.45, 7) is 0.164. The maximum Gasteiger partial charge on any atom is 0.282 e. The summed E-state index contributed by atoms with van der Waals surface area (Å²) in [6, 6.07) is 11.6. The Bertz CT molecular complexity index is 1020. The number of anilines is 2. The molecule has 3 amide bonds. The number of imide groups is 1. The van der Waals surface area contributed by atoms with E-state index in [9.17, 15) is 24.5 Å². The summed E-state index contributed by atoms with van der Waals surface area (Å²) in [6.07, 6.45) is 2.08. The molecular formula is C22H24N4O5. The van der Waals surface area contributed by atoms with Gasteiger partial charge in [0.05, 0.1) is 10.5 Å². The predicted octanol–water partition coefficient (Wildman–Crippen LogP) is 3.46. The molecule has 0 atom stereocenters. The molecule has 31 heavy (non-hydrogen) atoms. The lowest BCUT2D eigenvalue weighted by atomic mass is 10.1. The molecule has 0 fully saturated rings. The van der Waals surface area contributed by atoms with Crippen molar-refractivity contribution >= 4 is 34.8 Å². The maximum absolute atomic E-state index is 12.5. The van der Waals surface area contributed by atoms with Gasteiger partial charge in [-0.25, -0.2) is 0 Å². The van der Waals surface area contributed by atoms with Gasteiger partial charge < -0.3 is 10.2 Å². The molecule has 0 bridgehead atoms. The van der Waals surface area contributed by atoms with Crippen molar-refractivity contribution < 1.29 is 19.3 Å². The number of amides is 3. The number of carbonyl (C=O) groups is 3. The fourth-order valence-corrected chi connectivity index (χ4v) is 3.47. The van der Waals surface area contributed by atoms with Crippen LogP contribution in [-0.2, 0) is 4.79 Å². The number of hydrogen-bond donors (Lipinski definition) is 1. The van der Waals surface area contributed by atoms with E-state index in [0.29, 0.717) is 25.7 Å². The molecule has 1 aliphatic heterocycles. The number of carbonyl (C=O) groups excluding carboxylic acids is 3. The van der Waals surface area contributed by atoms with E-state index in [1.54, 1.807) is 0 Å². The first-order valence-electron chi connectivity index (χ1n) is 10.0. The van der Waals surface area contributed by atoms with Crippen molar-refractivity contribution in [2.24, 2.45) is 0 Å². The van der Waals surface area contributed by atoms with E-state index in [1.807, 2.05) is 43.3 Å². The third-order valence-corrected chi connectivity index (χ3v) is 5.13. The van der Waals surface area contributed by atoms with Crippen LogP contribution < -0.4 is 10.2 Å². The minimum atomic E-state index is -0.653. The normalized spacial score (nSPS) is 12.6. The van der Waals surface area contributed by atoms with Crippen LogP contribution in [0.2, 0.25) is 0 Å². The molecule has 0 saturated carbocycles.